The Morgan fingerprint density at radius 1 is 1.41 bits per heavy atom. The fourth-order valence-electron chi connectivity index (χ4n) is 1.61. The number of hydrogen-bond donors (Lipinski definition) is 0. The minimum Gasteiger partial charge on any atom is -0.347 e. The highest BCUT2D eigenvalue weighted by Crippen LogP contribution is 2.25. The molecule has 0 aliphatic carbocycles. The van der Waals surface area contributed by atoms with Gasteiger partial charge in [0.2, 0.25) is 0 Å². The number of carbonyl (C=O) groups is 1. The van der Waals surface area contributed by atoms with Gasteiger partial charge in [0.05, 0.1) is 12.4 Å². The van der Waals surface area contributed by atoms with Gasteiger partial charge >= 0.3 is 0 Å². The first-order chi connectivity index (χ1) is 8.07. The molecule has 2 rings (SSSR count). The maximum absolute atomic E-state index is 11.9. The smallest absolute Gasteiger partial charge is 0.174 e. The molecule has 1 aromatic rings. The summed E-state index contributed by atoms with van der Waals surface area (Å²) in [6.45, 7) is 4.01. The van der Waals surface area contributed by atoms with E-state index in [4.69, 9.17) is 9.47 Å². The summed E-state index contributed by atoms with van der Waals surface area (Å²) in [5.41, 5.74) is 0. The van der Waals surface area contributed by atoms with Crippen LogP contribution >= 0.6 is 11.8 Å². The molecule has 0 saturated carbocycles. The van der Waals surface area contributed by atoms with Crippen molar-refractivity contribution in [3.05, 3.63) is 30.3 Å². The van der Waals surface area contributed by atoms with Crippen LogP contribution in [0.5, 0.6) is 0 Å². The van der Waals surface area contributed by atoms with Crippen molar-refractivity contribution < 1.29 is 14.3 Å². The Kier molecular flexibility index (Phi) is 3.86. The van der Waals surface area contributed by atoms with Crippen LogP contribution in [0, 0.1) is 0 Å². The van der Waals surface area contributed by atoms with Crippen LogP contribution in [0.3, 0.4) is 0 Å². The van der Waals surface area contributed by atoms with Crippen molar-refractivity contribution in [3.63, 3.8) is 0 Å². The topological polar surface area (TPSA) is 35.5 Å². The Morgan fingerprint density at radius 2 is 2.12 bits per heavy atom. The van der Waals surface area contributed by atoms with Crippen molar-refractivity contribution in [2.24, 2.45) is 0 Å². The highest BCUT2D eigenvalue weighted by molar-refractivity contribution is 8.00. The predicted molar refractivity (Wildman–Crippen MR) is 67.1 cm³/mol. The van der Waals surface area contributed by atoms with Crippen LogP contribution in [0.2, 0.25) is 0 Å². The fraction of sp³-hybridized carbons (Fsp3) is 0.462. The average molecular weight is 252 g/mol. The summed E-state index contributed by atoms with van der Waals surface area (Å²) in [4.78, 5) is 13.0. The molecule has 4 heteroatoms. The highest BCUT2D eigenvalue weighted by Gasteiger charge is 2.36. The van der Waals surface area contributed by atoms with Crippen LogP contribution in [-0.4, -0.2) is 30.0 Å². The van der Waals surface area contributed by atoms with Crippen LogP contribution in [0.15, 0.2) is 35.2 Å². The molecule has 1 fully saturated rings. The quantitative estimate of drug-likeness (QED) is 0.771. The van der Waals surface area contributed by atoms with Gasteiger partial charge in [0.1, 0.15) is 6.10 Å². The largest absolute Gasteiger partial charge is 0.347 e. The number of hydrogen-bond acceptors (Lipinski definition) is 4. The number of benzene rings is 1. The van der Waals surface area contributed by atoms with E-state index in [9.17, 15) is 4.79 Å². The van der Waals surface area contributed by atoms with E-state index in [0.29, 0.717) is 12.4 Å². The molecule has 1 aliphatic heterocycles. The van der Waals surface area contributed by atoms with Gasteiger partial charge in [-0.05, 0) is 26.0 Å². The van der Waals surface area contributed by atoms with Gasteiger partial charge in [-0.1, -0.05) is 18.2 Å². The first-order valence-electron chi connectivity index (χ1n) is 5.59. The molecule has 1 heterocycles. The molecule has 17 heavy (non-hydrogen) atoms. The zero-order valence-electron chi connectivity index (χ0n) is 10.0. The van der Waals surface area contributed by atoms with Crippen LogP contribution in [0.4, 0.5) is 0 Å². The first kappa shape index (κ1) is 12.6. The Balaban J connectivity index is 1.83. The number of ether oxygens (including phenoxy) is 2. The third kappa shape index (κ3) is 3.56. The minimum atomic E-state index is -0.627. The molecule has 92 valence electrons. The van der Waals surface area contributed by atoms with Gasteiger partial charge in [0.25, 0.3) is 0 Å². The van der Waals surface area contributed by atoms with Gasteiger partial charge in [-0.15, -0.1) is 11.8 Å². The Morgan fingerprint density at radius 3 is 2.71 bits per heavy atom. The zero-order valence-corrected chi connectivity index (χ0v) is 10.8. The molecular weight excluding hydrogens is 236 g/mol. The summed E-state index contributed by atoms with van der Waals surface area (Å²) in [6, 6.07) is 9.88. The second kappa shape index (κ2) is 5.21. The Bertz CT molecular complexity index is 389. The molecule has 0 unspecified atom stereocenters. The number of Topliss-reactive ketones (excluding diaryl/α,β-unsaturated/α-hetero) is 1. The van der Waals surface area contributed by atoms with Gasteiger partial charge in [-0.25, -0.2) is 0 Å². The van der Waals surface area contributed by atoms with Crippen LogP contribution < -0.4 is 0 Å². The predicted octanol–water partition coefficient (Wildman–Crippen LogP) is 2.50. The SMILES string of the molecule is CC1(C)OC[C@@H](C(=O)CSc2ccccc2)O1. The molecule has 0 radical (unpaired) electrons. The lowest BCUT2D eigenvalue weighted by Gasteiger charge is -2.16. The second-order valence-corrected chi connectivity index (χ2v) is 5.43. The summed E-state index contributed by atoms with van der Waals surface area (Å²) in [7, 11) is 0. The van der Waals surface area contributed by atoms with Crippen molar-refractivity contribution in [3.8, 4) is 0 Å². The van der Waals surface area contributed by atoms with Gasteiger partial charge in [-0.3, -0.25) is 4.79 Å². The summed E-state index contributed by atoms with van der Waals surface area (Å²) in [5.74, 6) is -0.115. The van der Waals surface area contributed by atoms with E-state index in [1.807, 2.05) is 44.2 Å². The average Bonchev–Trinajstić information content (AvgIpc) is 2.68. The van der Waals surface area contributed by atoms with E-state index in [2.05, 4.69) is 0 Å². The highest BCUT2D eigenvalue weighted by atomic mass is 32.2. The first-order valence-corrected chi connectivity index (χ1v) is 6.58. The van der Waals surface area contributed by atoms with Crippen LogP contribution in [0.25, 0.3) is 0 Å². The van der Waals surface area contributed by atoms with Crippen molar-refractivity contribution in [1.29, 1.82) is 0 Å². The van der Waals surface area contributed by atoms with E-state index in [1.54, 1.807) is 0 Å². The van der Waals surface area contributed by atoms with Crippen molar-refractivity contribution in [2.45, 2.75) is 30.6 Å². The Hall–Kier alpha value is -0.840. The lowest BCUT2D eigenvalue weighted by molar-refractivity contribution is -0.150. The van der Waals surface area contributed by atoms with E-state index in [1.165, 1.54) is 11.8 Å². The molecule has 0 spiro atoms. The number of thioether (sulfide) groups is 1. The summed E-state index contributed by atoms with van der Waals surface area (Å²) in [5, 5.41) is 0. The van der Waals surface area contributed by atoms with Crippen molar-refractivity contribution >= 4 is 17.5 Å². The monoisotopic (exact) mass is 252 g/mol. The molecule has 0 N–H and O–H groups in total. The second-order valence-electron chi connectivity index (χ2n) is 4.39. The normalized spacial score (nSPS) is 22.6. The number of carbonyl (C=O) groups excluding carboxylic acids is 1. The summed E-state index contributed by atoms with van der Waals surface area (Å²) >= 11 is 1.53. The third-order valence-electron chi connectivity index (χ3n) is 2.49. The third-order valence-corrected chi connectivity index (χ3v) is 3.53. The molecule has 1 saturated heterocycles. The van der Waals surface area contributed by atoms with Crippen molar-refractivity contribution in [1.82, 2.24) is 0 Å². The zero-order chi connectivity index (χ0) is 12.3. The van der Waals surface area contributed by atoms with Crippen molar-refractivity contribution in [2.75, 3.05) is 12.4 Å². The number of rotatable bonds is 4. The number of ketones is 1. The molecule has 3 nitrogen and oxygen atoms in total. The summed E-state index contributed by atoms with van der Waals surface area (Å²) in [6.07, 6.45) is -0.416. The maximum Gasteiger partial charge on any atom is 0.174 e. The fourth-order valence-corrected chi connectivity index (χ4v) is 2.45. The molecule has 0 aromatic heterocycles. The van der Waals surface area contributed by atoms with E-state index in [0.717, 1.165) is 4.90 Å². The molecular formula is C13H16O3S. The van der Waals surface area contributed by atoms with E-state index < -0.39 is 11.9 Å². The van der Waals surface area contributed by atoms with Gasteiger partial charge in [0, 0.05) is 4.90 Å². The molecule has 1 aromatic carbocycles. The molecule has 1 atom stereocenters. The van der Waals surface area contributed by atoms with Crippen LogP contribution in [-0.2, 0) is 14.3 Å². The van der Waals surface area contributed by atoms with Crippen LogP contribution in [0.1, 0.15) is 13.8 Å². The standard InChI is InChI=1S/C13H16O3S/c1-13(2)15-8-12(16-13)11(14)9-17-10-6-4-3-5-7-10/h3-7,12H,8-9H2,1-2H3/t12-/m0/s1. The maximum atomic E-state index is 11.9. The summed E-state index contributed by atoms with van der Waals surface area (Å²) < 4.78 is 10.9. The minimum absolute atomic E-state index is 0.0874. The van der Waals surface area contributed by atoms with Gasteiger partial charge in [0.15, 0.2) is 11.6 Å². The van der Waals surface area contributed by atoms with Gasteiger partial charge < -0.3 is 9.47 Å². The lowest BCUT2D eigenvalue weighted by atomic mass is 10.3. The van der Waals surface area contributed by atoms with E-state index in [-0.39, 0.29) is 5.78 Å². The molecule has 1 aliphatic rings. The van der Waals surface area contributed by atoms with E-state index >= 15 is 0 Å². The molecule has 0 amide bonds. The molecule has 0 bridgehead atoms. The Labute approximate surface area is 105 Å². The van der Waals surface area contributed by atoms with Gasteiger partial charge in [-0.2, -0.15) is 0 Å². The lowest BCUT2D eigenvalue weighted by Crippen LogP contribution is -2.28.